The van der Waals surface area contributed by atoms with Gasteiger partial charge in [0.1, 0.15) is 5.75 Å². The smallest absolute Gasteiger partial charge is 0.449 e. The molecule has 0 unspecified atom stereocenters. The van der Waals surface area contributed by atoms with E-state index in [1.54, 1.807) is 0 Å². The van der Waals surface area contributed by atoms with Crippen LogP contribution in [0.2, 0.25) is 0 Å². The second-order valence-electron chi connectivity index (χ2n) is 7.85. The van der Waals surface area contributed by atoms with E-state index < -0.39 is 6.16 Å². The van der Waals surface area contributed by atoms with Crippen molar-refractivity contribution in [2.24, 2.45) is 0 Å². The quantitative estimate of drug-likeness (QED) is 0.312. The first-order chi connectivity index (χ1) is 14.0. The van der Waals surface area contributed by atoms with Gasteiger partial charge < -0.3 is 9.84 Å². The van der Waals surface area contributed by atoms with E-state index in [1.165, 1.54) is 22.3 Å². The van der Waals surface area contributed by atoms with E-state index in [1.807, 2.05) is 12.1 Å². The summed E-state index contributed by atoms with van der Waals surface area (Å²) in [6, 6.07) is 10.3. The van der Waals surface area contributed by atoms with Gasteiger partial charge in [0.2, 0.25) is 0 Å². The van der Waals surface area contributed by atoms with Crippen LogP contribution in [0, 0.1) is 6.92 Å². The number of carboxylic acid groups (broad SMARTS) is 1. The zero-order chi connectivity index (χ0) is 21.2. The summed E-state index contributed by atoms with van der Waals surface area (Å²) in [4.78, 5) is 11.5. The molecule has 0 spiro atoms. The number of benzene rings is 2. The third kappa shape index (κ3) is 6.09. The summed E-state index contributed by atoms with van der Waals surface area (Å²) < 4.78 is 5.34. The van der Waals surface area contributed by atoms with Crippen molar-refractivity contribution in [1.82, 2.24) is 0 Å². The minimum Gasteiger partial charge on any atom is -0.449 e. The largest absolute Gasteiger partial charge is 0.511 e. The third-order valence-corrected chi connectivity index (χ3v) is 5.60. The van der Waals surface area contributed by atoms with Crippen LogP contribution in [0.3, 0.4) is 0 Å². The Kier molecular flexibility index (Phi) is 9.24. The first-order valence-corrected chi connectivity index (χ1v) is 11.2. The van der Waals surface area contributed by atoms with Crippen LogP contribution < -0.4 is 4.74 Å². The SMILES string of the molecule is CCCCc1c(OC(=O)O)cc(-c2ccccc2C)c(CCCC)c1CCCC. The summed E-state index contributed by atoms with van der Waals surface area (Å²) in [5.74, 6) is 0.524. The molecule has 158 valence electrons. The molecule has 3 heteroatoms. The van der Waals surface area contributed by atoms with Gasteiger partial charge in [-0.3, -0.25) is 0 Å². The summed E-state index contributed by atoms with van der Waals surface area (Å²) in [5.41, 5.74) is 7.33. The second-order valence-corrected chi connectivity index (χ2v) is 7.85. The lowest BCUT2D eigenvalue weighted by Crippen LogP contribution is -2.11. The lowest BCUT2D eigenvalue weighted by atomic mass is 9.84. The van der Waals surface area contributed by atoms with E-state index in [2.05, 4.69) is 45.9 Å². The van der Waals surface area contributed by atoms with Gasteiger partial charge in [-0.05, 0) is 84.9 Å². The standard InChI is InChI=1S/C26H36O3/c1-5-8-14-21-22(15-9-6-2)24(20-17-12-11-13-19(20)4)18-25(29-26(27)28)23(21)16-10-7-3/h11-13,17-18H,5-10,14-16H2,1-4H3,(H,27,28). The second kappa shape index (κ2) is 11.6. The van der Waals surface area contributed by atoms with Gasteiger partial charge in [0.15, 0.2) is 0 Å². The van der Waals surface area contributed by atoms with Crippen molar-refractivity contribution < 1.29 is 14.6 Å². The molecular formula is C26H36O3. The van der Waals surface area contributed by atoms with Crippen LogP contribution in [0.5, 0.6) is 5.75 Å². The predicted octanol–water partition coefficient (Wildman–Crippen LogP) is 7.75. The molecule has 0 saturated carbocycles. The minimum absolute atomic E-state index is 0.524. The van der Waals surface area contributed by atoms with E-state index in [9.17, 15) is 9.90 Å². The molecule has 0 heterocycles. The molecule has 0 aliphatic carbocycles. The molecule has 1 N–H and O–H groups in total. The van der Waals surface area contributed by atoms with Crippen LogP contribution in [-0.4, -0.2) is 11.3 Å². The van der Waals surface area contributed by atoms with Gasteiger partial charge in [-0.2, -0.15) is 0 Å². The predicted molar refractivity (Wildman–Crippen MR) is 121 cm³/mol. The summed E-state index contributed by atoms with van der Waals surface area (Å²) >= 11 is 0. The first-order valence-electron chi connectivity index (χ1n) is 11.2. The number of aryl methyl sites for hydroxylation is 1. The van der Waals surface area contributed by atoms with Crippen molar-refractivity contribution in [1.29, 1.82) is 0 Å². The summed E-state index contributed by atoms with van der Waals surface area (Å²) in [6.45, 7) is 8.72. The molecule has 0 radical (unpaired) electrons. The van der Waals surface area contributed by atoms with Gasteiger partial charge in [-0.25, -0.2) is 4.79 Å². The molecule has 0 saturated heterocycles. The highest BCUT2D eigenvalue weighted by Crippen LogP contribution is 2.39. The fraction of sp³-hybridized carbons (Fsp3) is 0.500. The van der Waals surface area contributed by atoms with Crippen molar-refractivity contribution in [3.05, 3.63) is 52.6 Å². The van der Waals surface area contributed by atoms with Crippen molar-refractivity contribution in [3.8, 4) is 16.9 Å². The maximum absolute atomic E-state index is 11.5. The molecule has 0 atom stereocenters. The van der Waals surface area contributed by atoms with Crippen molar-refractivity contribution >= 4 is 6.16 Å². The van der Waals surface area contributed by atoms with E-state index in [0.29, 0.717) is 5.75 Å². The van der Waals surface area contributed by atoms with E-state index >= 15 is 0 Å². The van der Waals surface area contributed by atoms with Crippen LogP contribution in [0.1, 0.15) is 81.5 Å². The highest BCUT2D eigenvalue weighted by Gasteiger charge is 2.21. The van der Waals surface area contributed by atoms with Crippen LogP contribution in [0.15, 0.2) is 30.3 Å². The maximum Gasteiger partial charge on any atom is 0.511 e. The molecule has 3 nitrogen and oxygen atoms in total. The Morgan fingerprint density at radius 1 is 0.828 bits per heavy atom. The topological polar surface area (TPSA) is 46.5 Å². The maximum atomic E-state index is 11.5. The van der Waals surface area contributed by atoms with Gasteiger partial charge in [-0.1, -0.05) is 64.3 Å². The molecule has 0 aliphatic heterocycles. The van der Waals surface area contributed by atoms with Gasteiger partial charge in [-0.15, -0.1) is 0 Å². The molecule has 0 aromatic heterocycles. The molecule has 0 amide bonds. The Hall–Kier alpha value is -2.29. The minimum atomic E-state index is -1.23. The summed E-state index contributed by atoms with van der Waals surface area (Å²) in [6.07, 6.45) is 8.21. The molecule has 29 heavy (non-hydrogen) atoms. The molecule has 2 rings (SSSR count). The zero-order valence-electron chi connectivity index (χ0n) is 18.5. The number of carbonyl (C=O) groups is 1. The lowest BCUT2D eigenvalue weighted by molar-refractivity contribution is 0.144. The highest BCUT2D eigenvalue weighted by molar-refractivity contribution is 5.76. The van der Waals surface area contributed by atoms with Crippen LogP contribution >= 0.6 is 0 Å². The Morgan fingerprint density at radius 3 is 1.93 bits per heavy atom. The Balaban J connectivity index is 2.78. The van der Waals surface area contributed by atoms with Crippen molar-refractivity contribution in [2.75, 3.05) is 0 Å². The van der Waals surface area contributed by atoms with Crippen LogP contribution in [0.25, 0.3) is 11.1 Å². The summed E-state index contributed by atoms with van der Waals surface area (Å²) in [7, 11) is 0. The highest BCUT2D eigenvalue weighted by atomic mass is 16.7. The molecule has 2 aromatic carbocycles. The number of unbranched alkanes of at least 4 members (excludes halogenated alkanes) is 3. The monoisotopic (exact) mass is 396 g/mol. The molecule has 0 aliphatic rings. The van der Waals surface area contributed by atoms with Gasteiger partial charge in [0.25, 0.3) is 0 Å². The van der Waals surface area contributed by atoms with E-state index in [-0.39, 0.29) is 0 Å². The number of ether oxygens (including phenoxy) is 1. The fourth-order valence-electron chi connectivity index (χ4n) is 4.02. The molecule has 2 aromatic rings. The third-order valence-electron chi connectivity index (χ3n) is 5.60. The van der Waals surface area contributed by atoms with Gasteiger partial charge >= 0.3 is 6.16 Å². The molecular weight excluding hydrogens is 360 g/mol. The Morgan fingerprint density at radius 2 is 1.38 bits per heavy atom. The number of hydrogen-bond donors (Lipinski definition) is 1. The Bertz CT molecular complexity index is 808. The van der Waals surface area contributed by atoms with Gasteiger partial charge in [0, 0.05) is 0 Å². The van der Waals surface area contributed by atoms with Crippen LogP contribution in [-0.2, 0) is 19.3 Å². The van der Waals surface area contributed by atoms with Gasteiger partial charge in [0.05, 0.1) is 0 Å². The molecule has 0 bridgehead atoms. The average Bonchev–Trinajstić information content (AvgIpc) is 2.70. The number of hydrogen-bond acceptors (Lipinski definition) is 2. The number of rotatable bonds is 11. The molecule has 0 fully saturated rings. The first kappa shape index (κ1) is 23.0. The normalized spacial score (nSPS) is 10.9. The fourth-order valence-corrected chi connectivity index (χ4v) is 4.02. The van der Waals surface area contributed by atoms with Crippen molar-refractivity contribution in [3.63, 3.8) is 0 Å². The lowest BCUT2D eigenvalue weighted by Gasteiger charge is -2.23. The van der Waals surface area contributed by atoms with E-state index in [4.69, 9.17) is 4.74 Å². The summed E-state index contributed by atoms with van der Waals surface area (Å²) in [5, 5.41) is 9.39. The van der Waals surface area contributed by atoms with Crippen LogP contribution in [0.4, 0.5) is 4.79 Å². The zero-order valence-corrected chi connectivity index (χ0v) is 18.5. The average molecular weight is 397 g/mol. The Labute approximate surface area is 176 Å². The van der Waals surface area contributed by atoms with Crippen molar-refractivity contribution in [2.45, 2.75) is 85.5 Å². The van der Waals surface area contributed by atoms with E-state index in [0.717, 1.165) is 68.9 Å².